The number of ether oxygens (including phenoxy) is 2. The minimum absolute atomic E-state index is 0.0667. The maximum Gasteiger partial charge on any atom is 0.338 e. The third-order valence-corrected chi connectivity index (χ3v) is 5.49. The van der Waals surface area contributed by atoms with Gasteiger partial charge in [-0.05, 0) is 49.3 Å². The molecule has 0 saturated heterocycles. The standard InChI is InChI=1S/C24H27N3O4S/c1-4-31-23(29)21-16(2)27(3)24(32)26-22(21)18-11-8-12-19(13-18)25-20(28)15-30-14-17-9-6-5-7-10-17/h5-13,22H,4,14-15H2,1-3H3,(H,25,28)(H,26,32). The Kier molecular flexibility index (Phi) is 7.97. The molecule has 168 valence electrons. The molecule has 2 aromatic carbocycles. The van der Waals surface area contributed by atoms with E-state index in [2.05, 4.69) is 10.6 Å². The molecule has 2 aromatic rings. The Morgan fingerprint density at radius 2 is 1.91 bits per heavy atom. The van der Waals surface area contributed by atoms with Gasteiger partial charge in [-0.15, -0.1) is 0 Å². The third-order valence-electron chi connectivity index (χ3n) is 5.10. The molecule has 1 aliphatic heterocycles. The third kappa shape index (κ3) is 5.72. The van der Waals surface area contributed by atoms with Gasteiger partial charge in [0.15, 0.2) is 5.11 Å². The summed E-state index contributed by atoms with van der Waals surface area (Å²) in [5, 5.41) is 6.54. The van der Waals surface area contributed by atoms with Crippen LogP contribution in [0.5, 0.6) is 0 Å². The van der Waals surface area contributed by atoms with Gasteiger partial charge in [0.05, 0.1) is 24.8 Å². The molecule has 2 N–H and O–H groups in total. The number of benzene rings is 2. The van der Waals surface area contributed by atoms with Crippen LogP contribution in [0.1, 0.15) is 31.0 Å². The highest BCUT2D eigenvalue weighted by atomic mass is 32.1. The largest absolute Gasteiger partial charge is 0.463 e. The summed E-state index contributed by atoms with van der Waals surface area (Å²) in [6.45, 7) is 4.17. The smallest absolute Gasteiger partial charge is 0.338 e. The molecule has 0 aliphatic carbocycles. The van der Waals surface area contributed by atoms with E-state index in [4.69, 9.17) is 21.7 Å². The van der Waals surface area contributed by atoms with Gasteiger partial charge in [-0.3, -0.25) is 4.79 Å². The van der Waals surface area contributed by atoms with Crippen LogP contribution in [0.2, 0.25) is 0 Å². The van der Waals surface area contributed by atoms with Crippen molar-refractivity contribution in [3.63, 3.8) is 0 Å². The number of carbonyl (C=O) groups excluding carboxylic acids is 2. The van der Waals surface area contributed by atoms with Gasteiger partial charge in [-0.25, -0.2) is 4.79 Å². The van der Waals surface area contributed by atoms with Crippen molar-refractivity contribution in [2.75, 3.05) is 25.6 Å². The van der Waals surface area contributed by atoms with Crippen molar-refractivity contribution in [3.8, 4) is 0 Å². The molecule has 0 saturated carbocycles. The molecular formula is C24H27N3O4S. The number of nitrogens with one attached hydrogen (secondary N) is 2. The van der Waals surface area contributed by atoms with Crippen LogP contribution < -0.4 is 10.6 Å². The topological polar surface area (TPSA) is 79.9 Å². The van der Waals surface area contributed by atoms with E-state index in [0.29, 0.717) is 23.0 Å². The van der Waals surface area contributed by atoms with Crippen molar-refractivity contribution in [2.24, 2.45) is 0 Å². The zero-order chi connectivity index (χ0) is 23.1. The first-order chi connectivity index (χ1) is 15.4. The molecule has 8 heteroatoms. The Labute approximate surface area is 193 Å². The molecule has 0 fully saturated rings. The fourth-order valence-corrected chi connectivity index (χ4v) is 3.64. The van der Waals surface area contributed by atoms with Crippen molar-refractivity contribution in [1.82, 2.24) is 10.2 Å². The summed E-state index contributed by atoms with van der Waals surface area (Å²) >= 11 is 5.42. The van der Waals surface area contributed by atoms with Crippen LogP contribution in [0.3, 0.4) is 0 Å². The minimum atomic E-state index is -0.482. The van der Waals surface area contributed by atoms with Crippen LogP contribution in [0.25, 0.3) is 0 Å². The second kappa shape index (κ2) is 10.9. The molecule has 7 nitrogen and oxygen atoms in total. The molecule has 1 atom stereocenters. The van der Waals surface area contributed by atoms with E-state index in [-0.39, 0.29) is 19.1 Å². The van der Waals surface area contributed by atoms with Crippen LogP contribution in [0.4, 0.5) is 5.69 Å². The number of carbonyl (C=O) groups is 2. The van der Waals surface area contributed by atoms with E-state index < -0.39 is 12.0 Å². The predicted octanol–water partition coefficient (Wildman–Crippen LogP) is 3.54. The average Bonchev–Trinajstić information content (AvgIpc) is 2.78. The van der Waals surface area contributed by atoms with E-state index in [1.165, 1.54) is 0 Å². The van der Waals surface area contributed by atoms with Gasteiger partial charge >= 0.3 is 5.97 Å². The number of anilines is 1. The monoisotopic (exact) mass is 453 g/mol. The number of rotatable bonds is 8. The number of nitrogens with zero attached hydrogens (tertiary/aromatic N) is 1. The van der Waals surface area contributed by atoms with Crippen molar-refractivity contribution in [2.45, 2.75) is 26.5 Å². The number of esters is 1. The molecular weight excluding hydrogens is 426 g/mol. The summed E-state index contributed by atoms with van der Waals surface area (Å²) in [4.78, 5) is 26.7. The first kappa shape index (κ1) is 23.4. The zero-order valence-corrected chi connectivity index (χ0v) is 19.2. The van der Waals surface area contributed by atoms with E-state index in [1.54, 1.807) is 24.9 Å². The summed E-state index contributed by atoms with van der Waals surface area (Å²) in [6, 6.07) is 16.5. The van der Waals surface area contributed by atoms with E-state index in [0.717, 1.165) is 16.8 Å². The van der Waals surface area contributed by atoms with Crippen molar-refractivity contribution in [1.29, 1.82) is 0 Å². The molecule has 1 amide bonds. The number of allylic oxidation sites excluding steroid dienone is 1. The number of thiocarbonyl (C=S) groups is 1. The van der Waals surface area contributed by atoms with Gasteiger partial charge in [0.2, 0.25) is 5.91 Å². The second-order valence-electron chi connectivity index (χ2n) is 7.31. The Bertz CT molecular complexity index is 1020. The summed E-state index contributed by atoms with van der Waals surface area (Å²) in [5.41, 5.74) is 3.59. The summed E-state index contributed by atoms with van der Waals surface area (Å²) < 4.78 is 10.8. The first-order valence-electron chi connectivity index (χ1n) is 10.3. The molecule has 1 heterocycles. The Hall–Kier alpha value is -3.23. The molecule has 1 unspecified atom stereocenters. The molecule has 0 aromatic heterocycles. The molecule has 3 rings (SSSR count). The highest BCUT2D eigenvalue weighted by molar-refractivity contribution is 7.80. The van der Waals surface area contributed by atoms with Crippen molar-refractivity contribution >= 4 is 34.9 Å². The van der Waals surface area contributed by atoms with Crippen LogP contribution in [-0.2, 0) is 25.7 Å². The summed E-state index contributed by atoms with van der Waals surface area (Å²) in [7, 11) is 1.80. The van der Waals surface area contributed by atoms with Crippen LogP contribution in [0.15, 0.2) is 65.9 Å². The van der Waals surface area contributed by atoms with E-state index >= 15 is 0 Å². The van der Waals surface area contributed by atoms with Crippen LogP contribution in [-0.4, -0.2) is 42.2 Å². The Morgan fingerprint density at radius 1 is 1.16 bits per heavy atom. The Morgan fingerprint density at radius 3 is 2.62 bits per heavy atom. The summed E-state index contributed by atoms with van der Waals surface area (Å²) in [5.74, 6) is -0.664. The molecule has 0 bridgehead atoms. The highest BCUT2D eigenvalue weighted by Crippen LogP contribution is 2.31. The lowest BCUT2D eigenvalue weighted by molar-refractivity contribution is -0.139. The maximum atomic E-state index is 12.7. The quantitative estimate of drug-likeness (QED) is 0.467. The van der Waals surface area contributed by atoms with Gasteiger partial charge in [0.25, 0.3) is 0 Å². The number of amides is 1. The molecule has 1 aliphatic rings. The van der Waals surface area contributed by atoms with Gasteiger partial charge in [0.1, 0.15) is 6.61 Å². The number of hydrogen-bond donors (Lipinski definition) is 2. The minimum Gasteiger partial charge on any atom is -0.463 e. The molecule has 32 heavy (non-hydrogen) atoms. The SMILES string of the molecule is CCOC(=O)C1=C(C)N(C)C(=S)NC1c1cccc(NC(=O)COCc2ccccc2)c1. The maximum absolute atomic E-state index is 12.7. The lowest BCUT2D eigenvalue weighted by Gasteiger charge is -2.35. The van der Waals surface area contributed by atoms with Crippen LogP contribution in [0, 0.1) is 0 Å². The van der Waals surface area contributed by atoms with E-state index in [9.17, 15) is 9.59 Å². The first-order valence-corrected chi connectivity index (χ1v) is 10.7. The average molecular weight is 454 g/mol. The fraction of sp³-hybridized carbons (Fsp3) is 0.292. The number of hydrogen-bond acceptors (Lipinski definition) is 5. The predicted molar refractivity (Wildman–Crippen MR) is 127 cm³/mol. The lowest BCUT2D eigenvalue weighted by Crippen LogP contribution is -2.46. The summed E-state index contributed by atoms with van der Waals surface area (Å²) in [6.07, 6.45) is 0. The lowest BCUT2D eigenvalue weighted by atomic mass is 9.95. The van der Waals surface area contributed by atoms with Gasteiger partial charge < -0.3 is 25.0 Å². The molecule has 0 spiro atoms. The van der Waals surface area contributed by atoms with Gasteiger partial charge in [-0.1, -0.05) is 42.5 Å². The fourth-order valence-electron chi connectivity index (χ4n) is 3.39. The highest BCUT2D eigenvalue weighted by Gasteiger charge is 2.33. The van der Waals surface area contributed by atoms with Crippen molar-refractivity contribution < 1.29 is 19.1 Å². The van der Waals surface area contributed by atoms with Gasteiger partial charge in [0, 0.05) is 18.4 Å². The van der Waals surface area contributed by atoms with Crippen LogP contribution >= 0.6 is 12.2 Å². The van der Waals surface area contributed by atoms with Crippen molar-refractivity contribution in [3.05, 3.63) is 77.0 Å². The van der Waals surface area contributed by atoms with Gasteiger partial charge in [-0.2, -0.15) is 0 Å². The normalized spacial score (nSPS) is 15.9. The molecule has 0 radical (unpaired) electrons. The zero-order valence-electron chi connectivity index (χ0n) is 18.4. The van der Waals surface area contributed by atoms with E-state index in [1.807, 2.05) is 55.5 Å². The Balaban J connectivity index is 1.71. The second-order valence-corrected chi connectivity index (χ2v) is 7.70.